The second-order valence-electron chi connectivity index (χ2n) is 4.85. The van der Waals surface area contributed by atoms with Gasteiger partial charge in [0.2, 0.25) is 0 Å². The van der Waals surface area contributed by atoms with Crippen LogP contribution in [0.25, 0.3) is 0 Å². The summed E-state index contributed by atoms with van der Waals surface area (Å²) >= 11 is 0. The molecule has 24 heavy (non-hydrogen) atoms. The summed E-state index contributed by atoms with van der Waals surface area (Å²) < 4.78 is 15.0. The van der Waals surface area contributed by atoms with Gasteiger partial charge in [-0.2, -0.15) is 0 Å². The van der Waals surface area contributed by atoms with Crippen LogP contribution in [0.2, 0.25) is 0 Å². The van der Waals surface area contributed by atoms with Crippen molar-refractivity contribution in [2.45, 2.75) is 6.92 Å². The quantitative estimate of drug-likeness (QED) is 0.477. The van der Waals surface area contributed by atoms with Crippen molar-refractivity contribution in [2.75, 3.05) is 14.2 Å². The molecule has 0 aliphatic heterocycles. The summed E-state index contributed by atoms with van der Waals surface area (Å²) in [5.74, 6) is -1.17. The number of carbonyl (C=O) groups excluding carboxylic acids is 3. The predicted molar refractivity (Wildman–Crippen MR) is 85.7 cm³/mol. The van der Waals surface area contributed by atoms with Crippen LogP contribution in [-0.4, -0.2) is 31.9 Å². The SMILES string of the molecule is COC(=O)c1ccc(OC(=O)c2ccccc2OC)c(C(C)=O)c1. The van der Waals surface area contributed by atoms with Gasteiger partial charge in [-0.15, -0.1) is 0 Å². The number of hydrogen-bond acceptors (Lipinski definition) is 6. The average Bonchev–Trinajstić information content (AvgIpc) is 2.60. The molecule has 0 aromatic heterocycles. The number of rotatable bonds is 5. The Kier molecular flexibility index (Phi) is 5.31. The lowest BCUT2D eigenvalue weighted by atomic mass is 10.1. The largest absolute Gasteiger partial charge is 0.496 e. The predicted octanol–water partition coefficient (Wildman–Crippen LogP) is 2.90. The van der Waals surface area contributed by atoms with E-state index in [0.717, 1.165) is 0 Å². The molecular formula is C18H16O6. The Hall–Kier alpha value is -3.15. The third-order valence-electron chi connectivity index (χ3n) is 3.31. The monoisotopic (exact) mass is 328 g/mol. The van der Waals surface area contributed by atoms with Crippen molar-refractivity contribution in [1.29, 1.82) is 0 Å². The van der Waals surface area contributed by atoms with E-state index in [-0.39, 0.29) is 28.2 Å². The van der Waals surface area contributed by atoms with Gasteiger partial charge in [-0.3, -0.25) is 4.79 Å². The van der Waals surface area contributed by atoms with Crippen LogP contribution in [0.4, 0.5) is 0 Å². The highest BCUT2D eigenvalue weighted by atomic mass is 16.5. The molecule has 2 aromatic rings. The summed E-state index contributed by atoms with van der Waals surface area (Å²) in [4.78, 5) is 35.7. The minimum Gasteiger partial charge on any atom is -0.496 e. The first-order valence-corrected chi connectivity index (χ1v) is 7.06. The van der Waals surface area contributed by atoms with E-state index in [1.54, 1.807) is 24.3 Å². The summed E-state index contributed by atoms with van der Waals surface area (Å²) in [6.45, 7) is 1.32. The lowest BCUT2D eigenvalue weighted by molar-refractivity contribution is 0.0600. The molecule has 0 bridgehead atoms. The molecular weight excluding hydrogens is 312 g/mol. The zero-order chi connectivity index (χ0) is 17.7. The van der Waals surface area contributed by atoms with Gasteiger partial charge in [-0.25, -0.2) is 9.59 Å². The lowest BCUT2D eigenvalue weighted by Gasteiger charge is -2.11. The zero-order valence-electron chi connectivity index (χ0n) is 13.5. The van der Waals surface area contributed by atoms with Crippen LogP contribution in [0.15, 0.2) is 42.5 Å². The summed E-state index contributed by atoms with van der Waals surface area (Å²) in [6.07, 6.45) is 0. The molecule has 0 saturated heterocycles. The summed E-state index contributed by atoms with van der Waals surface area (Å²) in [5.41, 5.74) is 0.535. The molecule has 6 nitrogen and oxygen atoms in total. The fourth-order valence-electron chi connectivity index (χ4n) is 2.11. The molecule has 0 radical (unpaired) electrons. The first-order chi connectivity index (χ1) is 11.5. The van der Waals surface area contributed by atoms with E-state index in [0.29, 0.717) is 5.75 Å². The minimum atomic E-state index is -0.666. The Labute approximate surface area is 139 Å². The number of esters is 2. The van der Waals surface area contributed by atoms with E-state index in [1.165, 1.54) is 39.3 Å². The summed E-state index contributed by atoms with van der Waals surface area (Å²) in [7, 11) is 2.68. The van der Waals surface area contributed by atoms with Crippen molar-refractivity contribution in [1.82, 2.24) is 0 Å². The Morgan fingerprint density at radius 3 is 2.17 bits per heavy atom. The van der Waals surface area contributed by atoms with Gasteiger partial charge in [0.05, 0.1) is 25.3 Å². The van der Waals surface area contributed by atoms with Crippen LogP contribution < -0.4 is 9.47 Å². The molecule has 0 spiro atoms. The Balaban J connectivity index is 2.37. The molecule has 124 valence electrons. The number of ether oxygens (including phenoxy) is 3. The Morgan fingerprint density at radius 1 is 0.833 bits per heavy atom. The fraction of sp³-hybridized carbons (Fsp3) is 0.167. The van der Waals surface area contributed by atoms with E-state index < -0.39 is 11.9 Å². The number of Topliss-reactive ketones (excluding diaryl/α,β-unsaturated/α-hetero) is 1. The van der Waals surface area contributed by atoms with Gasteiger partial charge < -0.3 is 14.2 Å². The van der Waals surface area contributed by atoms with E-state index in [2.05, 4.69) is 4.74 Å². The van der Waals surface area contributed by atoms with Gasteiger partial charge in [0.25, 0.3) is 0 Å². The van der Waals surface area contributed by atoms with Gasteiger partial charge in [0, 0.05) is 0 Å². The molecule has 2 aromatic carbocycles. The van der Waals surface area contributed by atoms with E-state index in [9.17, 15) is 14.4 Å². The number of ketones is 1. The van der Waals surface area contributed by atoms with E-state index >= 15 is 0 Å². The third kappa shape index (κ3) is 3.60. The Morgan fingerprint density at radius 2 is 1.54 bits per heavy atom. The van der Waals surface area contributed by atoms with Crippen LogP contribution in [0.5, 0.6) is 11.5 Å². The number of hydrogen-bond donors (Lipinski definition) is 0. The van der Waals surface area contributed by atoms with Gasteiger partial charge in [-0.1, -0.05) is 12.1 Å². The van der Waals surface area contributed by atoms with Gasteiger partial charge >= 0.3 is 11.9 Å². The molecule has 0 saturated carbocycles. The topological polar surface area (TPSA) is 78.9 Å². The fourth-order valence-corrected chi connectivity index (χ4v) is 2.11. The first-order valence-electron chi connectivity index (χ1n) is 7.06. The maximum atomic E-state index is 12.3. The molecule has 0 N–H and O–H groups in total. The Bertz CT molecular complexity index is 794. The molecule has 6 heteroatoms. The average molecular weight is 328 g/mol. The highest BCUT2D eigenvalue weighted by molar-refractivity contribution is 6.02. The summed E-state index contributed by atoms with van der Waals surface area (Å²) in [6, 6.07) is 10.7. The van der Waals surface area contributed by atoms with Crippen molar-refractivity contribution in [2.24, 2.45) is 0 Å². The molecule has 2 rings (SSSR count). The molecule has 0 atom stereocenters. The van der Waals surface area contributed by atoms with Crippen molar-refractivity contribution in [3.8, 4) is 11.5 Å². The van der Waals surface area contributed by atoms with Crippen LogP contribution >= 0.6 is 0 Å². The van der Waals surface area contributed by atoms with Crippen LogP contribution in [0, 0.1) is 0 Å². The smallest absolute Gasteiger partial charge is 0.347 e. The van der Waals surface area contributed by atoms with Gasteiger partial charge in [0.15, 0.2) is 5.78 Å². The number of methoxy groups -OCH3 is 2. The zero-order valence-corrected chi connectivity index (χ0v) is 13.5. The maximum Gasteiger partial charge on any atom is 0.347 e. The second-order valence-corrected chi connectivity index (χ2v) is 4.85. The van der Waals surface area contributed by atoms with Crippen LogP contribution in [0.1, 0.15) is 38.0 Å². The van der Waals surface area contributed by atoms with E-state index in [1.807, 2.05) is 0 Å². The van der Waals surface area contributed by atoms with Crippen molar-refractivity contribution < 1.29 is 28.6 Å². The van der Waals surface area contributed by atoms with Crippen molar-refractivity contribution in [3.05, 3.63) is 59.2 Å². The van der Waals surface area contributed by atoms with Crippen LogP contribution in [-0.2, 0) is 4.74 Å². The third-order valence-corrected chi connectivity index (χ3v) is 3.31. The number of carbonyl (C=O) groups is 3. The van der Waals surface area contributed by atoms with Gasteiger partial charge in [0.1, 0.15) is 17.1 Å². The van der Waals surface area contributed by atoms with E-state index in [4.69, 9.17) is 9.47 Å². The molecule has 0 unspecified atom stereocenters. The van der Waals surface area contributed by atoms with Gasteiger partial charge in [-0.05, 0) is 37.3 Å². The maximum absolute atomic E-state index is 12.3. The molecule has 0 amide bonds. The highest BCUT2D eigenvalue weighted by Crippen LogP contribution is 2.25. The van der Waals surface area contributed by atoms with Crippen LogP contribution in [0.3, 0.4) is 0 Å². The van der Waals surface area contributed by atoms with Crippen molar-refractivity contribution in [3.63, 3.8) is 0 Å². The molecule has 0 aliphatic carbocycles. The van der Waals surface area contributed by atoms with Crippen molar-refractivity contribution >= 4 is 17.7 Å². The molecule has 0 heterocycles. The summed E-state index contributed by atoms with van der Waals surface area (Å²) in [5, 5.41) is 0. The second kappa shape index (κ2) is 7.41. The number of para-hydroxylation sites is 1. The lowest BCUT2D eigenvalue weighted by Crippen LogP contribution is -2.13. The first kappa shape index (κ1) is 17.2. The normalized spacial score (nSPS) is 9.96. The number of benzene rings is 2. The standard InChI is InChI=1S/C18H16O6/c1-11(19)14-10-12(17(20)23-3)8-9-16(14)24-18(21)13-6-4-5-7-15(13)22-2/h4-10H,1-3H3. The highest BCUT2D eigenvalue weighted by Gasteiger charge is 2.19. The molecule has 0 fully saturated rings. The minimum absolute atomic E-state index is 0.0612. The molecule has 0 aliphatic rings.